The van der Waals surface area contributed by atoms with Gasteiger partial charge in [-0.2, -0.15) is 11.3 Å². The first-order valence-electron chi connectivity index (χ1n) is 5.75. The van der Waals surface area contributed by atoms with Gasteiger partial charge < -0.3 is 0 Å². The second-order valence-corrected chi connectivity index (χ2v) is 4.82. The van der Waals surface area contributed by atoms with Gasteiger partial charge in [-0.3, -0.25) is 10.0 Å². The van der Waals surface area contributed by atoms with Crippen LogP contribution in [0, 0.1) is 11.8 Å². The van der Waals surface area contributed by atoms with Gasteiger partial charge in [0.05, 0.1) is 6.54 Å². The predicted molar refractivity (Wildman–Crippen MR) is 74.8 cm³/mol. The minimum absolute atomic E-state index is 0.188. The van der Waals surface area contributed by atoms with Crippen LogP contribution < -0.4 is 0 Å². The highest BCUT2D eigenvalue weighted by atomic mass is 32.1. The van der Waals surface area contributed by atoms with Crippen LogP contribution in [0.2, 0.25) is 0 Å². The molecule has 0 unspecified atom stereocenters. The van der Waals surface area contributed by atoms with E-state index in [0.29, 0.717) is 5.06 Å². The third kappa shape index (κ3) is 3.95. The Kier molecular flexibility index (Phi) is 4.35. The summed E-state index contributed by atoms with van der Waals surface area (Å²) < 4.78 is 0. The van der Waals surface area contributed by atoms with E-state index in [1.165, 1.54) is 6.92 Å². The maximum atomic E-state index is 10.9. The lowest BCUT2D eigenvalue weighted by Gasteiger charge is -2.12. The third-order valence-corrected chi connectivity index (χ3v) is 3.21. The molecule has 0 saturated carbocycles. The van der Waals surface area contributed by atoms with Crippen molar-refractivity contribution in [2.24, 2.45) is 0 Å². The number of nitrogens with zero attached hydrogens (tertiary/aromatic N) is 1. The molecule has 1 aromatic carbocycles. The summed E-state index contributed by atoms with van der Waals surface area (Å²) in [6.07, 6.45) is 0. The Bertz CT molecular complexity index is 606. The quantitative estimate of drug-likeness (QED) is 0.518. The van der Waals surface area contributed by atoms with Crippen molar-refractivity contribution >= 4 is 17.2 Å². The molecule has 2 rings (SSSR count). The standard InChI is InChI=1S/C15H13NO2S/c1-12(17)16(18)10-14-5-2-13(3-6-14)4-7-15-8-9-19-11-15/h2-3,5-6,8-9,11,18H,10H2,1H3. The van der Waals surface area contributed by atoms with Gasteiger partial charge in [-0.15, -0.1) is 0 Å². The van der Waals surface area contributed by atoms with Gasteiger partial charge >= 0.3 is 0 Å². The molecule has 0 aliphatic heterocycles. The van der Waals surface area contributed by atoms with Crippen LogP contribution in [-0.4, -0.2) is 16.2 Å². The number of carbonyl (C=O) groups excluding carboxylic acids is 1. The summed E-state index contributed by atoms with van der Waals surface area (Å²) in [5, 5.41) is 14.0. The van der Waals surface area contributed by atoms with Crippen LogP contribution in [0.25, 0.3) is 0 Å². The fraction of sp³-hybridized carbons (Fsp3) is 0.133. The van der Waals surface area contributed by atoms with E-state index in [-0.39, 0.29) is 12.5 Å². The van der Waals surface area contributed by atoms with Gasteiger partial charge in [0.1, 0.15) is 0 Å². The van der Waals surface area contributed by atoms with Crippen LogP contribution >= 0.6 is 11.3 Å². The lowest BCUT2D eigenvalue weighted by molar-refractivity contribution is -0.165. The maximum absolute atomic E-state index is 10.9. The SMILES string of the molecule is CC(=O)N(O)Cc1ccc(C#Cc2ccsc2)cc1. The predicted octanol–water partition coefficient (Wildman–Crippen LogP) is 2.89. The fourth-order valence-corrected chi connectivity index (χ4v) is 2.05. The van der Waals surface area contributed by atoms with E-state index in [4.69, 9.17) is 0 Å². The van der Waals surface area contributed by atoms with E-state index in [1.54, 1.807) is 11.3 Å². The third-order valence-electron chi connectivity index (χ3n) is 2.52. The normalized spacial score (nSPS) is 9.58. The van der Waals surface area contributed by atoms with Crippen molar-refractivity contribution in [1.29, 1.82) is 0 Å². The molecular weight excluding hydrogens is 258 g/mol. The van der Waals surface area contributed by atoms with Crippen molar-refractivity contribution in [2.75, 3.05) is 0 Å². The number of amides is 1. The largest absolute Gasteiger partial charge is 0.286 e. The van der Waals surface area contributed by atoms with E-state index < -0.39 is 0 Å². The van der Waals surface area contributed by atoms with Gasteiger partial charge in [0.15, 0.2) is 0 Å². The first-order valence-corrected chi connectivity index (χ1v) is 6.69. The van der Waals surface area contributed by atoms with Gasteiger partial charge in [0.25, 0.3) is 0 Å². The highest BCUT2D eigenvalue weighted by molar-refractivity contribution is 7.08. The molecule has 1 N–H and O–H groups in total. The van der Waals surface area contributed by atoms with E-state index in [9.17, 15) is 10.0 Å². The van der Waals surface area contributed by atoms with E-state index >= 15 is 0 Å². The Labute approximate surface area is 116 Å². The van der Waals surface area contributed by atoms with Crippen molar-refractivity contribution in [2.45, 2.75) is 13.5 Å². The zero-order chi connectivity index (χ0) is 13.7. The average molecular weight is 271 g/mol. The fourth-order valence-electron chi connectivity index (χ4n) is 1.46. The second-order valence-electron chi connectivity index (χ2n) is 4.04. The molecule has 0 spiro atoms. The van der Waals surface area contributed by atoms with Crippen LogP contribution in [0.15, 0.2) is 41.1 Å². The summed E-state index contributed by atoms with van der Waals surface area (Å²) in [6.45, 7) is 1.51. The van der Waals surface area contributed by atoms with Gasteiger partial charge in [-0.1, -0.05) is 24.0 Å². The molecular formula is C15H13NO2S. The van der Waals surface area contributed by atoms with Crippen LogP contribution in [-0.2, 0) is 11.3 Å². The Morgan fingerprint density at radius 2 is 1.89 bits per heavy atom. The second kappa shape index (κ2) is 6.19. The van der Waals surface area contributed by atoms with Crippen molar-refractivity contribution in [3.8, 4) is 11.8 Å². The summed E-state index contributed by atoms with van der Waals surface area (Å²) >= 11 is 1.62. The van der Waals surface area contributed by atoms with E-state index in [1.807, 2.05) is 41.1 Å². The van der Waals surface area contributed by atoms with Crippen LogP contribution in [0.5, 0.6) is 0 Å². The topological polar surface area (TPSA) is 40.5 Å². The molecule has 0 radical (unpaired) electrons. The Morgan fingerprint density at radius 1 is 1.21 bits per heavy atom. The number of hydrogen-bond acceptors (Lipinski definition) is 3. The molecule has 1 heterocycles. The highest BCUT2D eigenvalue weighted by Crippen LogP contribution is 2.07. The van der Waals surface area contributed by atoms with Crippen LogP contribution in [0.1, 0.15) is 23.6 Å². The van der Waals surface area contributed by atoms with Crippen molar-refractivity contribution in [1.82, 2.24) is 5.06 Å². The molecule has 3 nitrogen and oxygen atoms in total. The number of hydroxylamine groups is 2. The first-order chi connectivity index (χ1) is 9.15. The molecule has 2 aromatic rings. The zero-order valence-electron chi connectivity index (χ0n) is 10.5. The van der Waals surface area contributed by atoms with Gasteiger partial charge in [0.2, 0.25) is 5.91 Å². The molecule has 0 bridgehead atoms. The van der Waals surface area contributed by atoms with Gasteiger partial charge in [-0.05, 0) is 29.1 Å². The van der Waals surface area contributed by atoms with E-state index in [2.05, 4.69) is 11.8 Å². The molecule has 4 heteroatoms. The molecule has 0 atom stereocenters. The van der Waals surface area contributed by atoms with Crippen LogP contribution in [0.3, 0.4) is 0 Å². The van der Waals surface area contributed by atoms with Crippen LogP contribution in [0.4, 0.5) is 0 Å². The Balaban J connectivity index is 2.04. The molecule has 0 fully saturated rings. The zero-order valence-corrected chi connectivity index (χ0v) is 11.3. The average Bonchev–Trinajstić information content (AvgIpc) is 2.91. The molecule has 0 aliphatic carbocycles. The highest BCUT2D eigenvalue weighted by Gasteiger charge is 2.04. The molecule has 96 valence electrons. The number of hydrogen-bond donors (Lipinski definition) is 1. The molecule has 1 amide bonds. The van der Waals surface area contributed by atoms with E-state index in [0.717, 1.165) is 16.7 Å². The number of rotatable bonds is 2. The Morgan fingerprint density at radius 3 is 2.47 bits per heavy atom. The molecule has 0 aliphatic rings. The summed E-state index contributed by atoms with van der Waals surface area (Å²) in [5.74, 6) is 5.76. The maximum Gasteiger partial charge on any atom is 0.243 e. The lowest BCUT2D eigenvalue weighted by atomic mass is 10.1. The minimum Gasteiger partial charge on any atom is -0.286 e. The lowest BCUT2D eigenvalue weighted by Crippen LogP contribution is -2.23. The van der Waals surface area contributed by atoms with Gasteiger partial charge in [0, 0.05) is 23.4 Å². The summed E-state index contributed by atoms with van der Waals surface area (Å²) in [4.78, 5) is 10.9. The minimum atomic E-state index is -0.374. The molecule has 0 saturated heterocycles. The van der Waals surface area contributed by atoms with Crippen molar-refractivity contribution in [3.05, 3.63) is 57.8 Å². The number of carbonyl (C=O) groups is 1. The molecule has 19 heavy (non-hydrogen) atoms. The summed E-state index contributed by atoms with van der Waals surface area (Å²) in [5.41, 5.74) is 2.77. The number of benzene rings is 1. The van der Waals surface area contributed by atoms with Gasteiger partial charge in [-0.25, -0.2) is 5.06 Å². The smallest absolute Gasteiger partial charge is 0.243 e. The van der Waals surface area contributed by atoms with Crippen molar-refractivity contribution < 1.29 is 10.0 Å². The number of thiophene rings is 1. The first kappa shape index (κ1) is 13.3. The molecule has 1 aromatic heterocycles. The summed E-state index contributed by atoms with van der Waals surface area (Å²) in [7, 11) is 0. The summed E-state index contributed by atoms with van der Waals surface area (Å²) in [6, 6.07) is 9.43. The Hall–Kier alpha value is -2.09. The monoisotopic (exact) mass is 271 g/mol. The van der Waals surface area contributed by atoms with Crippen molar-refractivity contribution in [3.63, 3.8) is 0 Å².